The highest BCUT2D eigenvalue weighted by Gasteiger charge is 2.30. The monoisotopic (exact) mass is 173 g/mol. The van der Waals surface area contributed by atoms with Gasteiger partial charge in [0.2, 0.25) is 0 Å². The molecule has 1 aliphatic rings. The lowest BCUT2D eigenvalue weighted by atomic mass is 10.0. The minimum absolute atomic E-state index is 0.00310. The summed E-state index contributed by atoms with van der Waals surface area (Å²) in [7, 11) is 0. The first-order chi connectivity index (χ1) is 6.33. The van der Waals surface area contributed by atoms with Gasteiger partial charge in [-0.3, -0.25) is 4.98 Å². The Balaban J connectivity index is 2.32. The van der Waals surface area contributed by atoms with E-state index in [1.807, 2.05) is 0 Å². The van der Waals surface area contributed by atoms with Crippen molar-refractivity contribution in [1.29, 1.82) is 5.26 Å². The Morgan fingerprint density at radius 2 is 2.38 bits per heavy atom. The molecule has 3 heteroatoms. The average molecular weight is 173 g/mol. The van der Waals surface area contributed by atoms with E-state index >= 15 is 0 Å². The Bertz CT molecular complexity index is 349. The second-order valence-electron chi connectivity index (χ2n) is 3.44. The molecule has 1 heterocycles. The summed E-state index contributed by atoms with van der Waals surface area (Å²) >= 11 is 0. The topological polar surface area (TPSA) is 62.7 Å². The number of hydrogen-bond acceptors (Lipinski definition) is 3. The summed E-state index contributed by atoms with van der Waals surface area (Å²) < 4.78 is 0. The quantitative estimate of drug-likeness (QED) is 0.734. The van der Waals surface area contributed by atoms with Crippen molar-refractivity contribution in [2.24, 2.45) is 11.7 Å². The van der Waals surface area contributed by atoms with Crippen molar-refractivity contribution >= 4 is 0 Å². The van der Waals surface area contributed by atoms with Crippen molar-refractivity contribution in [2.45, 2.75) is 18.9 Å². The van der Waals surface area contributed by atoms with E-state index in [9.17, 15) is 0 Å². The molecular weight excluding hydrogens is 162 g/mol. The number of rotatable bonds is 2. The van der Waals surface area contributed by atoms with Crippen LogP contribution in [-0.2, 0) is 0 Å². The van der Waals surface area contributed by atoms with Gasteiger partial charge < -0.3 is 5.73 Å². The maximum Gasteiger partial charge on any atom is 0.0996 e. The maximum absolute atomic E-state index is 8.84. The molecule has 2 N–H and O–H groups in total. The highest BCUT2D eigenvalue weighted by Crippen LogP contribution is 2.39. The molecule has 1 aromatic heterocycles. The van der Waals surface area contributed by atoms with E-state index < -0.39 is 0 Å². The number of nitrogens with zero attached hydrogens (tertiary/aromatic N) is 2. The highest BCUT2D eigenvalue weighted by atomic mass is 14.7. The standard InChI is InChI=1S/C10H11N3/c11-5-8-3-4-13-6-9(8)10(12)7-1-2-7/h3-4,6-7,10H,1-2,12H2/t10-/m1/s1. The van der Waals surface area contributed by atoms with Gasteiger partial charge in [-0.1, -0.05) is 0 Å². The highest BCUT2D eigenvalue weighted by molar-refractivity contribution is 5.37. The van der Waals surface area contributed by atoms with Crippen LogP contribution in [0.5, 0.6) is 0 Å². The second-order valence-corrected chi connectivity index (χ2v) is 3.44. The Hall–Kier alpha value is -1.40. The fourth-order valence-electron chi connectivity index (χ4n) is 1.48. The third-order valence-electron chi connectivity index (χ3n) is 2.46. The summed E-state index contributed by atoms with van der Waals surface area (Å²) in [6, 6.07) is 3.86. The Morgan fingerprint density at radius 3 is 3.00 bits per heavy atom. The smallest absolute Gasteiger partial charge is 0.0996 e. The lowest BCUT2D eigenvalue weighted by Gasteiger charge is -2.10. The molecule has 0 amide bonds. The molecule has 1 aromatic rings. The number of pyridine rings is 1. The van der Waals surface area contributed by atoms with Gasteiger partial charge in [0.25, 0.3) is 0 Å². The van der Waals surface area contributed by atoms with Crippen LogP contribution in [0.15, 0.2) is 18.5 Å². The van der Waals surface area contributed by atoms with Gasteiger partial charge in [0, 0.05) is 24.0 Å². The van der Waals surface area contributed by atoms with E-state index in [4.69, 9.17) is 11.0 Å². The minimum atomic E-state index is 0.00310. The van der Waals surface area contributed by atoms with Gasteiger partial charge in [0.1, 0.15) is 0 Å². The van der Waals surface area contributed by atoms with Crippen LogP contribution in [0.3, 0.4) is 0 Å². The van der Waals surface area contributed by atoms with Gasteiger partial charge >= 0.3 is 0 Å². The first-order valence-electron chi connectivity index (χ1n) is 4.42. The zero-order chi connectivity index (χ0) is 9.26. The van der Waals surface area contributed by atoms with E-state index in [2.05, 4.69) is 11.1 Å². The molecule has 1 saturated carbocycles. The molecule has 0 radical (unpaired) electrons. The number of hydrogen-bond donors (Lipinski definition) is 1. The number of nitrogens with two attached hydrogens (primary N) is 1. The van der Waals surface area contributed by atoms with Crippen molar-refractivity contribution in [3.63, 3.8) is 0 Å². The predicted octanol–water partition coefficient (Wildman–Crippen LogP) is 1.36. The summed E-state index contributed by atoms with van der Waals surface area (Å²) in [6.07, 6.45) is 5.70. The average Bonchev–Trinajstić information content (AvgIpc) is 3.00. The second kappa shape index (κ2) is 3.15. The van der Waals surface area contributed by atoms with Crippen molar-refractivity contribution in [3.8, 4) is 6.07 Å². The molecule has 0 aromatic carbocycles. The molecule has 3 nitrogen and oxygen atoms in total. The van der Waals surface area contributed by atoms with E-state index in [0.29, 0.717) is 11.5 Å². The van der Waals surface area contributed by atoms with E-state index in [0.717, 1.165) is 5.56 Å². The van der Waals surface area contributed by atoms with Gasteiger partial charge in [-0.2, -0.15) is 5.26 Å². The van der Waals surface area contributed by atoms with Crippen LogP contribution in [0.2, 0.25) is 0 Å². The lowest BCUT2D eigenvalue weighted by Crippen LogP contribution is -2.14. The molecule has 0 saturated heterocycles. The van der Waals surface area contributed by atoms with Crippen LogP contribution in [-0.4, -0.2) is 4.98 Å². The number of aromatic nitrogens is 1. The third-order valence-corrected chi connectivity index (χ3v) is 2.46. The molecule has 2 rings (SSSR count). The molecule has 0 spiro atoms. The molecule has 1 aliphatic carbocycles. The largest absolute Gasteiger partial charge is 0.324 e. The van der Waals surface area contributed by atoms with Crippen LogP contribution >= 0.6 is 0 Å². The fraction of sp³-hybridized carbons (Fsp3) is 0.400. The summed E-state index contributed by atoms with van der Waals surface area (Å²) in [4.78, 5) is 3.99. The molecule has 0 unspecified atom stereocenters. The van der Waals surface area contributed by atoms with Crippen LogP contribution in [0.25, 0.3) is 0 Å². The van der Waals surface area contributed by atoms with E-state index in [1.54, 1.807) is 18.5 Å². The molecule has 13 heavy (non-hydrogen) atoms. The molecular formula is C10H11N3. The Labute approximate surface area is 77.2 Å². The van der Waals surface area contributed by atoms with Crippen LogP contribution in [0.1, 0.15) is 30.0 Å². The third kappa shape index (κ3) is 1.53. The fourth-order valence-corrected chi connectivity index (χ4v) is 1.48. The summed E-state index contributed by atoms with van der Waals surface area (Å²) in [5, 5.41) is 8.84. The zero-order valence-corrected chi connectivity index (χ0v) is 7.27. The van der Waals surface area contributed by atoms with Gasteiger partial charge in [-0.05, 0) is 24.8 Å². The minimum Gasteiger partial charge on any atom is -0.324 e. The van der Waals surface area contributed by atoms with Gasteiger partial charge in [-0.25, -0.2) is 0 Å². The molecule has 1 fully saturated rings. The van der Waals surface area contributed by atoms with Crippen molar-refractivity contribution in [1.82, 2.24) is 4.98 Å². The van der Waals surface area contributed by atoms with Gasteiger partial charge in [-0.15, -0.1) is 0 Å². The summed E-state index contributed by atoms with van der Waals surface area (Å²) in [5.74, 6) is 0.566. The molecule has 1 atom stereocenters. The van der Waals surface area contributed by atoms with Crippen molar-refractivity contribution in [2.75, 3.05) is 0 Å². The van der Waals surface area contributed by atoms with Crippen molar-refractivity contribution < 1.29 is 0 Å². The maximum atomic E-state index is 8.84. The van der Waals surface area contributed by atoms with Crippen LogP contribution in [0, 0.1) is 17.2 Å². The summed E-state index contributed by atoms with van der Waals surface area (Å²) in [5.41, 5.74) is 7.54. The molecule has 66 valence electrons. The number of nitriles is 1. The summed E-state index contributed by atoms with van der Waals surface area (Å²) in [6.45, 7) is 0. The van der Waals surface area contributed by atoms with Gasteiger partial charge in [0.15, 0.2) is 0 Å². The van der Waals surface area contributed by atoms with Crippen LogP contribution < -0.4 is 5.73 Å². The SMILES string of the molecule is N#Cc1ccncc1[C@H](N)C1CC1. The van der Waals surface area contributed by atoms with E-state index in [-0.39, 0.29) is 6.04 Å². The first-order valence-corrected chi connectivity index (χ1v) is 4.42. The normalized spacial score (nSPS) is 17.8. The van der Waals surface area contributed by atoms with E-state index in [1.165, 1.54) is 12.8 Å². The lowest BCUT2D eigenvalue weighted by molar-refractivity contribution is 0.629. The zero-order valence-electron chi connectivity index (χ0n) is 7.27. The molecule has 0 aliphatic heterocycles. The van der Waals surface area contributed by atoms with Gasteiger partial charge in [0.05, 0.1) is 11.6 Å². The Kier molecular flexibility index (Phi) is 1.99. The Morgan fingerprint density at radius 1 is 1.62 bits per heavy atom. The molecule has 0 bridgehead atoms. The van der Waals surface area contributed by atoms with Crippen molar-refractivity contribution in [3.05, 3.63) is 29.6 Å². The van der Waals surface area contributed by atoms with Crippen LogP contribution in [0.4, 0.5) is 0 Å². The first kappa shape index (κ1) is 8.21. The predicted molar refractivity (Wildman–Crippen MR) is 48.6 cm³/mol.